The Bertz CT molecular complexity index is 1000. The monoisotopic (exact) mass is 383 g/mol. The van der Waals surface area contributed by atoms with Gasteiger partial charge >= 0.3 is 5.97 Å². The normalized spacial score (nSPS) is 12.4. The van der Waals surface area contributed by atoms with Crippen molar-refractivity contribution in [2.45, 2.75) is 33.1 Å². The highest BCUT2D eigenvalue weighted by Gasteiger charge is 2.18. The Morgan fingerprint density at radius 2 is 2.00 bits per heavy atom. The number of nitrogens with zero attached hydrogens (tertiary/aromatic N) is 2. The van der Waals surface area contributed by atoms with Gasteiger partial charge in [-0.3, -0.25) is 0 Å². The first-order chi connectivity index (χ1) is 12.7. The van der Waals surface area contributed by atoms with Crippen LogP contribution in [0.2, 0.25) is 0 Å². The summed E-state index contributed by atoms with van der Waals surface area (Å²) in [4.78, 5) is 21.3. The number of carbonyl (C=O) groups excluding carboxylic acids is 1. The molecule has 27 heavy (non-hydrogen) atoms. The predicted molar refractivity (Wildman–Crippen MR) is 109 cm³/mol. The van der Waals surface area contributed by atoms with E-state index in [9.17, 15) is 4.79 Å². The lowest BCUT2D eigenvalue weighted by molar-refractivity contribution is 0.0527. The average molecular weight is 384 g/mol. The van der Waals surface area contributed by atoms with Crippen molar-refractivity contribution in [3.63, 3.8) is 0 Å². The van der Waals surface area contributed by atoms with E-state index < -0.39 is 0 Å². The SMILES string of the molecule is CCOC(=O)c1cnc2nc(C)ccc2c1Nc1ccc2c(c1)CCC2.Cl. The molecule has 2 heterocycles. The zero-order valence-corrected chi connectivity index (χ0v) is 16.2. The minimum absolute atomic E-state index is 0. The van der Waals surface area contributed by atoms with Gasteiger partial charge in [0.05, 0.1) is 12.3 Å². The van der Waals surface area contributed by atoms with Crippen LogP contribution in [0.5, 0.6) is 0 Å². The van der Waals surface area contributed by atoms with Crippen LogP contribution in [0.3, 0.4) is 0 Å². The van der Waals surface area contributed by atoms with E-state index in [1.807, 2.05) is 19.1 Å². The maximum absolute atomic E-state index is 12.4. The number of nitrogens with one attached hydrogen (secondary N) is 1. The molecule has 1 aliphatic carbocycles. The summed E-state index contributed by atoms with van der Waals surface area (Å²) in [6.45, 7) is 4.04. The van der Waals surface area contributed by atoms with Crippen LogP contribution >= 0.6 is 12.4 Å². The van der Waals surface area contributed by atoms with Gasteiger partial charge in [-0.25, -0.2) is 14.8 Å². The van der Waals surface area contributed by atoms with E-state index in [0.717, 1.165) is 29.6 Å². The van der Waals surface area contributed by atoms with Crippen LogP contribution in [0.15, 0.2) is 36.5 Å². The predicted octanol–water partition coefficient (Wildman–Crippen LogP) is 4.77. The second-order valence-electron chi connectivity index (χ2n) is 6.55. The number of benzene rings is 1. The molecular formula is C21H22ClN3O2. The number of hydrogen-bond acceptors (Lipinski definition) is 5. The van der Waals surface area contributed by atoms with E-state index in [-0.39, 0.29) is 18.4 Å². The number of aryl methyl sites for hydroxylation is 3. The van der Waals surface area contributed by atoms with Crippen LogP contribution in [0.4, 0.5) is 11.4 Å². The minimum atomic E-state index is -0.383. The second-order valence-corrected chi connectivity index (χ2v) is 6.55. The largest absolute Gasteiger partial charge is 0.462 e. The Balaban J connectivity index is 0.00000210. The van der Waals surface area contributed by atoms with Crippen LogP contribution in [-0.4, -0.2) is 22.5 Å². The average Bonchev–Trinajstić information content (AvgIpc) is 3.09. The zero-order chi connectivity index (χ0) is 18.1. The van der Waals surface area contributed by atoms with E-state index >= 15 is 0 Å². The molecule has 1 aromatic carbocycles. The van der Waals surface area contributed by atoms with Crippen LogP contribution in [-0.2, 0) is 17.6 Å². The van der Waals surface area contributed by atoms with Gasteiger partial charge < -0.3 is 10.1 Å². The Morgan fingerprint density at radius 3 is 2.81 bits per heavy atom. The molecule has 3 aromatic rings. The van der Waals surface area contributed by atoms with Crippen molar-refractivity contribution >= 4 is 40.8 Å². The number of aromatic nitrogens is 2. The number of ether oxygens (including phenoxy) is 1. The molecule has 5 nitrogen and oxygen atoms in total. The molecule has 2 aromatic heterocycles. The Morgan fingerprint density at radius 1 is 1.19 bits per heavy atom. The van der Waals surface area contributed by atoms with Crippen molar-refractivity contribution in [2.24, 2.45) is 0 Å². The summed E-state index contributed by atoms with van der Waals surface area (Å²) in [7, 11) is 0. The van der Waals surface area contributed by atoms with Gasteiger partial charge in [0, 0.05) is 23.0 Å². The molecule has 0 saturated carbocycles. The molecule has 4 rings (SSSR count). The van der Waals surface area contributed by atoms with Crippen molar-refractivity contribution in [2.75, 3.05) is 11.9 Å². The van der Waals surface area contributed by atoms with E-state index in [1.54, 1.807) is 13.1 Å². The fourth-order valence-corrected chi connectivity index (χ4v) is 3.46. The molecule has 0 unspecified atom stereocenters. The third kappa shape index (κ3) is 3.74. The van der Waals surface area contributed by atoms with Crippen molar-refractivity contribution < 1.29 is 9.53 Å². The molecule has 140 valence electrons. The fourth-order valence-electron chi connectivity index (χ4n) is 3.46. The molecule has 1 N–H and O–H groups in total. The van der Waals surface area contributed by atoms with Gasteiger partial charge in [-0.15, -0.1) is 12.4 Å². The van der Waals surface area contributed by atoms with Gasteiger partial charge in [0.25, 0.3) is 0 Å². The Hall–Kier alpha value is -2.66. The molecule has 0 bridgehead atoms. The molecule has 1 aliphatic rings. The van der Waals surface area contributed by atoms with Gasteiger partial charge in [-0.2, -0.15) is 0 Å². The van der Waals surface area contributed by atoms with Crippen molar-refractivity contribution in [1.82, 2.24) is 9.97 Å². The van der Waals surface area contributed by atoms with Crippen molar-refractivity contribution in [3.05, 3.63) is 58.9 Å². The van der Waals surface area contributed by atoms with Gasteiger partial charge in [-0.05, 0) is 68.5 Å². The summed E-state index contributed by atoms with van der Waals surface area (Å²) in [5.74, 6) is -0.383. The lowest BCUT2D eigenvalue weighted by Crippen LogP contribution is -2.10. The van der Waals surface area contributed by atoms with Crippen molar-refractivity contribution in [1.29, 1.82) is 0 Å². The molecule has 0 fully saturated rings. The zero-order valence-electron chi connectivity index (χ0n) is 15.4. The van der Waals surface area contributed by atoms with Crippen LogP contribution in [0.1, 0.15) is 40.5 Å². The van der Waals surface area contributed by atoms with Gasteiger partial charge in [0.2, 0.25) is 0 Å². The molecule has 0 aliphatic heterocycles. The molecule has 0 amide bonds. The van der Waals surface area contributed by atoms with Gasteiger partial charge in [-0.1, -0.05) is 6.07 Å². The number of hydrogen-bond donors (Lipinski definition) is 1. The Kier molecular flexibility index (Phi) is 5.61. The highest BCUT2D eigenvalue weighted by Crippen LogP contribution is 2.31. The fraction of sp³-hybridized carbons (Fsp3) is 0.286. The summed E-state index contributed by atoms with van der Waals surface area (Å²) < 4.78 is 5.21. The minimum Gasteiger partial charge on any atom is -0.462 e. The summed E-state index contributed by atoms with van der Waals surface area (Å²) >= 11 is 0. The van der Waals surface area contributed by atoms with E-state index in [0.29, 0.717) is 23.5 Å². The summed E-state index contributed by atoms with van der Waals surface area (Å²) in [5.41, 5.74) is 6.37. The van der Waals surface area contributed by atoms with Crippen LogP contribution in [0, 0.1) is 6.92 Å². The molecule has 6 heteroatoms. The first-order valence-electron chi connectivity index (χ1n) is 8.98. The number of pyridine rings is 2. The smallest absolute Gasteiger partial charge is 0.341 e. The maximum atomic E-state index is 12.4. The topological polar surface area (TPSA) is 64.1 Å². The molecule has 0 radical (unpaired) electrons. The lowest BCUT2D eigenvalue weighted by Gasteiger charge is -2.15. The quantitative estimate of drug-likeness (QED) is 0.657. The molecule has 0 atom stereocenters. The number of halogens is 1. The van der Waals surface area contributed by atoms with Crippen LogP contribution < -0.4 is 5.32 Å². The number of carbonyl (C=O) groups is 1. The number of anilines is 2. The summed E-state index contributed by atoms with van der Waals surface area (Å²) in [6.07, 6.45) is 5.00. The van der Waals surface area contributed by atoms with Crippen LogP contribution in [0.25, 0.3) is 11.0 Å². The lowest BCUT2D eigenvalue weighted by atomic mass is 10.1. The standard InChI is InChI=1S/C21H21N3O2.ClH/c1-3-26-21(25)18-12-22-20-17(10-7-13(2)23-20)19(18)24-16-9-8-14-5-4-6-15(14)11-16;/h7-12H,3-6H2,1-2H3,(H,22,23,24);1H. The van der Waals surface area contributed by atoms with E-state index in [1.165, 1.54) is 17.5 Å². The molecule has 0 saturated heterocycles. The van der Waals surface area contributed by atoms with Gasteiger partial charge in [0.1, 0.15) is 5.56 Å². The third-order valence-electron chi connectivity index (χ3n) is 4.73. The Labute approximate surface area is 164 Å². The van der Waals surface area contributed by atoms with E-state index in [2.05, 4.69) is 33.5 Å². The highest BCUT2D eigenvalue weighted by atomic mass is 35.5. The number of rotatable bonds is 4. The number of esters is 1. The van der Waals surface area contributed by atoms with Crippen molar-refractivity contribution in [3.8, 4) is 0 Å². The highest BCUT2D eigenvalue weighted by molar-refractivity contribution is 6.05. The molecule has 0 spiro atoms. The molecular weight excluding hydrogens is 362 g/mol. The third-order valence-corrected chi connectivity index (χ3v) is 4.73. The first kappa shape index (κ1) is 19.1. The second kappa shape index (κ2) is 7.92. The first-order valence-corrected chi connectivity index (χ1v) is 8.98. The maximum Gasteiger partial charge on any atom is 0.341 e. The van der Waals surface area contributed by atoms with Gasteiger partial charge in [0.15, 0.2) is 5.65 Å². The summed E-state index contributed by atoms with van der Waals surface area (Å²) in [5, 5.41) is 4.23. The number of fused-ring (bicyclic) bond motifs is 2. The van der Waals surface area contributed by atoms with E-state index in [4.69, 9.17) is 4.74 Å². The summed E-state index contributed by atoms with van der Waals surface area (Å²) in [6, 6.07) is 10.3.